The summed E-state index contributed by atoms with van der Waals surface area (Å²) < 4.78 is 27.1. The Hall–Kier alpha value is -2.09. The van der Waals surface area contributed by atoms with Crippen LogP contribution in [0.4, 0.5) is 5.69 Å². The number of anilines is 1. The second kappa shape index (κ2) is 9.41. The van der Waals surface area contributed by atoms with Crippen LogP contribution in [0.15, 0.2) is 59.5 Å². The second-order valence-electron chi connectivity index (χ2n) is 7.37. The maximum Gasteiger partial charge on any atom is 0.264 e. The van der Waals surface area contributed by atoms with E-state index in [4.69, 9.17) is 5.73 Å². The van der Waals surface area contributed by atoms with Gasteiger partial charge < -0.3 is 10.6 Å². The molecule has 0 fully saturated rings. The number of para-hydroxylation sites is 1. The Bertz CT molecular complexity index is 902. The summed E-state index contributed by atoms with van der Waals surface area (Å²) in [4.78, 5) is 14.4. The number of nitrogens with zero attached hydrogens (tertiary/aromatic N) is 2. The lowest BCUT2D eigenvalue weighted by Gasteiger charge is -2.29. The van der Waals surface area contributed by atoms with Gasteiger partial charge in [-0.05, 0) is 42.3 Å². The Labute approximate surface area is 173 Å². The van der Waals surface area contributed by atoms with Gasteiger partial charge in [0, 0.05) is 26.2 Å². The molecule has 6 nitrogen and oxygen atoms in total. The van der Waals surface area contributed by atoms with E-state index in [2.05, 4.69) is 0 Å². The van der Waals surface area contributed by atoms with Crippen molar-refractivity contribution in [3.63, 3.8) is 0 Å². The third kappa shape index (κ3) is 5.47. The fraction of sp³-hybridized carbons (Fsp3) is 0.350. The van der Waals surface area contributed by atoms with Gasteiger partial charge >= 0.3 is 0 Å². The third-order valence-electron chi connectivity index (χ3n) is 4.42. The van der Waals surface area contributed by atoms with Crippen molar-refractivity contribution in [3.8, 4) is 0 Å². The maximum absolute atomic E-state index is 12.9. The van der Waals surface area contributed by atoms with Crippen molar-refractivity contribution in [2.75, 3.05) is 31.5 Å². The molecule has 1 amide bonds. The zero-order chi connectivity index (χ0) is 20.2. The van der Waals surface area contributed by atoms with Gasteiger partial charge in [0.05, 0.1) is 10.6 Å². The van der Waals surface area contributed by atoms with E-state index in [0.717, 1.165) is 0 Å². The molecule has 28 heavy (non-hydrogen) atoms. The molecule has 0 spiro atoms. The van der Waals surface area contributed by atoms with E-state index in [-0.39, 0.29) is 28.6 Å². The Morgan fingerprint density at radius 1 is 1.04 bits per heavy atom. The van der Waals surface area contributed by atoms with Gasteiger partial charge in [-0.3, -0.25) is 9.10 Å². The molecule has 8 heteroatoms. The number of sulfonamides is 1. The molecule has 154 valence electrons. The van der Waals surface area contributed by atoms with Crippen LogP contribution in [0.1, 0.15) is 24.2 Å². The van der Waals surface area contributed by atoms with E-state index in [1.165, 1.54) is 23.5 Å². The van der Waals surface area contributed by atoms with Crippen molar-refractivity contribution in [3.05, 3.63) is 60.2 Å². The van der Waals surface area contributed by atoms with Crippen LogP contribution in [0.3, 0.4) is 0 Å². The number of rotatable bonds is 7. The monoisotopic (exact) mass is 425 g/mol. The number of halogens is 1. The highest BCUT2D eigenvalue weighted by Crippen LogP contribution is 2.23. The molecule has 0 radical (unpaired) electrons. The SMILES string of the molecule is CN(CC(C)(C)CN)C(=O)c1cccc(S(=O)(=O)N(C)c2ccccc2)c1.Cl. The third-order valence-corrected chi connectivity index (χ3v) is 6.21. The van der Waals surface area contributed by atoms with E-state index in [9.17, 15) is 13.2 Å². The highest BCUT2D eigenvalue weighted by molar-refractivity contribution is 7.92. The molecule has 0 unspecified atom stereocenters. The Morgan fingerprint density at radius 2 is 1.64 bits per heavy atom. The minimum Gasteiger partial charge on any atom is -0.341 e. The average Bonchev–Trinajstić information content (AvgIpc) is 2.67. The topological polar surface area (TPSA) is 83.7 Å². The summed E-state index contributed by atoms with van der Waals surface area (Å²) in [5, 5.41) is 0. The quantitative estimate of drug-likeness (QED) is 0.739. The molecule has 0 saturated heterocycles. The van der Waals surface area contributed by atoms with Crippen LogP contribution < -0.4 is 10.0 Å². The number of benzene rings is 2. The smallest absolute Gasteiger partial charge is 0.264 e. The number of hydrogen-bond donors (Lipinski definition) is 1. The zero-order valence-corrected chi connectivity index (χ0v) is 18.3. The van der Waals surface area contributed by atoms with Crippen LogP contribution in [-0.4, -0.2) is 46.4 Å². The zero-order valence-electron chi connectivity index (χ0n) is 16.6. The minimum absolute atomic E-state index is 0. The van der Waals surface area contributed by atoms with Crippen molar-refractivity contribution in [2.45, 2.75) is 18.7 Å². The summed E-state index contributed by atoms with van der Waals surface area (Å²) in [6.07, 6.45) is 0. The molecular formula is C20H28ClN3O3S. The molecule has 0 aliphatic heterocycles. The lowest BCUT2D eigenvalue weighted by molar-refractivity contribution is 0.0740. The summed E-state index contributed by atoms with van der Waals surface area (Å²) in [6, 6.07) is 14.9. The molecule has 2 N–H and O–H groups in total. The first-order chi connectivity index (χ1) is 12.6. The van der Waals surface area contributed by atoms with Crippen LogP contribution in [0.2, 0.25) is 0 Å². The lowest BCUT2D eigenvalue weighted by Crippen LogP contribution is -2.39. The fourth-order valence-electron chi connectivity index (χ4n) is 2.72. The molecule has 0 bridgehead atoms. The summed E-state index contributed by atoms with van der Waals surface area (Å²) in [5.41, 5.74) is 6.40. The van der Waals surface area contributed by atoms with Crippen molar-refractivity contribution in [1.82, 2.24) is 4.90 Å². The predicted molar refractivity (Wildman–Crippen MR) is 116 cm³/mol. The molecular weight excluding hydrogens is 398 g/mol. The van der Waals surface area contributed by atoms with Gasteiger partial charge in [0.1, 0.15) is 0 Å². The lowest BCUT2D eigenvalue weighted by atomic mass is 9.93. The van der Waals surface area contributed by atoms with Crippen molar-refractivity contribution >= 4 is 34.0 Å². The first-order valence-corrected chi connectivity index (χ1v) is 10.1. The van der Waals surface area contributed by atoms with Crippen LogP contribution >= 0.6 is 12.4 Å². The van der Waals surface area contributed by atoms with E-state index >= 15 is 0 Å². The number of carbonyl (C=O) groups excluding carboxylic acids is 1. The summed E-state index contributed by atoms with van der Waals surface area (Å²) in [7, 11) is -0.584. The minimum atomic E-state index is -3.77. The molecule has 2 aromatic carbocycles. The van der Waals surface area contributed by atoms with Gasteiger partial charge in [-0.15, -0.1) is 12.4 Å². The van der Waals surface area contributed by atoms with E-state index < -0.39 is 10.0 Å². The largest absolute Gasteiger partial charge is 0.341 e. The van der Waals surface area contributed by atoms with Crippen molar-refractivity contribution in [1.29, 1.82) is 0 Å². The maximum atomic E-state index is 12.9. The molecule has 0 aromatic heterocycles. The van der Waals surface area contributed by atoms with Crippen LogP contribution in [-0.2, 0) is 10.0 Å². The summed E-state index contributed by atoms with van der Waals surface area (Å²) in [5.74, 6) is -0.240. The molecule has 0 aliphatic rings. The van der Waals surface area contributed by atoms with E-state index in [0.29, 0.717) is 24.3 Å². The van der Waals surface area contributed by atoms with Crippen molar-refractivity contribution in [2.24, 2.45) is 11.1 Å². The molecule has 2 rings (SSSR count). The van der Waals surface area contributed by atoms with Gasteiger partial charge in [-0.2, -0.15) is 0 Å². The molecule has 0 saturated carbocycles. The number of hydrogen-bond acceptors (Lipinski definition) is 4. The van der Waals surface area contributed by atoms with Gasteiger partial charge in [0.25, 0.3) is 15.9 Å². The number of amides is 1. The van der Waals surface area contributed by atoms with Gasteiger partial charge in [0.2, 0.25) is 0 Å². The first kappa shape index (κ1) is 23.9. The number of carbonyl (C=O) groups is 1. The Balaban J connectivity index is 0.00000392. The fourth-order valence-corrected chi connectivity index (χ4v) is 3.97. The van der Waals surface area contributed by atoms with Gasteiger partial charge in [0.15, 0.2) is 0 Å². The highest BCUT2D eigenvalue weighted by Gasteiger charge is 2.25. The molecule has 0 atom stereocenters. The second-order valence-corrected chi connectivity index (χ2v) is 9.33. The molecule has 0 heterocycles. The average molecular weight is 426 g/mol. The standard InChI is InChI=1S/C20H27N3O3S.ClH/c1-20(2,14-21)15-22(3)19(24)16-9-8-12-18(13-16)27(25,26)23(4)17-10-6-5-7-11-17;/h5-13H,14-15,21H2,1-4H3;1H. The molecule has 2 aromatic rings. The Morgan fingerprint density at radius 3 is 2.21 bits per heavy atom. The van der Waals surface area contributed by atoms with Crippen LogP contribution in [0.5, 0.6) is 0 Å². The predicted octanol–water partition coefficient (Wildman–Crippen LogP) is 2.99. The van der Waals surface area contributed by atoms with Crippen LogP contribution in [0, 0.1) is 5.41 Å². The summed E-state index contributed by atoms with van der Waals surface area (Å²) in [6.45, 7) is 4.88. The number of nitrogens with two attached hydrogens (primary N) is 1. The molecule has 0 aliphatic carbocycles. The first-order valence-electron chi connectivity index (χ1n) is 8.68. The van der Waals surface area contributed by atoms with Crippen LogP contribution in [0.25, 0.3) is 0 Å². The van der Waals surface area contributed by atoms with Gasteiger partial charge in [-0.1, -0.05) is 38.1 Å². The summed E-state index contributed by atoms with van der Waals surface area (Å²) >= 11 is 0. The normalized spacial score (nSPS) is 11.5. The van der Waals surface area contributed by atoms with Crippen molar-refractivity contribution < 1.29 is 13.2 Å². The van der Waals surface area contributed by atoms with E-state index in [1.54, 1.807) is 48.3 Å². The van der Waals surface area contributed by atoms with Gasteiger partial charge in [-0.25, -0.2) is 8.42 Å². The highest BCUT2D eigenvalue weighted by atomic mass is 35.5. The van der Waals surface area contributed by atoms with E-state index in [1.807, 2.05) is 19.9 Å². The Kier molecular flexibility index (Phi) is 8.05.